The van der Waals surface area contributed by atoms with Crippen LogP contribution in [0.25, 0.3) is 0 Å². The highest BCUT2D eigenvalue weighted by atomic mass is 32.2. The van der Waals surface area contributed by atoms with E-state index in [1.807, 2.05) is 0 Å². The van der Waals surface area contributed by atoms with Crippen molar-refractivity contribution in [3.05, 3.63) is 21.6 Å². The maximum Gasteiger partial charge on any atom is 0.256 e. The number of aromatic amines is 1. The molecule has 0 amide bonds. The molecule has 6 nitrogen and oxygen atoms in total. The Morgan fingerprint density at radius 3 is 2.80 bits per heavy atom. The average molecular weight is 229 g/mol. The van der Waals surface area contributed by atoms with Crippen molar-refractivity contribution < 1.29 is 8.42 Å². The minimum atomic E-state index is -3.45. The second kappa shape index (κ2) is 3.42. The Kier molecular flexibility index (Phi) is 2.35. The molecule has 7 heteroatoms. The molecule has 0 saturated heterocycles. The van der Waals surface area contributed by atoms with Crippen molar-refractivity contribution in [2.75, 3.05) is 12.8 Å². The van der Waals surface area contributed by atoms with Gasteiger partial charge in [0.2, 0.25) is 15.0 Å². The highest BCUT2D eigenvalue weighted by Crippen LogP contribution is 2.08. The maximum atomic E-state index is 11.5. The zero-order valence-electron chi connectivity index (χ0n) is 8.20. The smallest absolute Gasteiger partial charge is 0.256 e. The van der Waals surface area contributed by atoms with E-state index >= 15 is 0 Å². The van der Waals surface area contributed by atoms with Gasteiger partial charge < -0.3 is 5.32 Å². The molecule has 0 bridgehead atoms. The van der Waals surface area contributed by atoms with Gasteiger partial charge in [0.25, 0.3) is 5.56 Å². The maximum absolute atomic E-state index is 11.5. The van der Waals surface area contributed by atoms with E-state index in [9.17, 15) is 13.2 Å². The summed E-state index contributed by atoms with van der Waals surface area (Å²) in [5, 5.41) is 2.79. The molecule has 0 fully saturated rings. The molecular weight excluding hydrogens is 218 g/mol. The fourth-order valence-electron chi connectivity index (χ4n) is 1.51. The summed E-state index contributed by atoms with van der Waals surface area (Å²) in [7, 11) is -3.45. The van der Waals surface area contributed by atoms with Crippen LogP contribution >= 0.6 is 0 Å². The second-order valence-corrected chi connectivity index (χ2v) is 5.43. The molecule has 2 rings (SSSR count). The lowest BCUT2D eigenvalue weighted by Gasteiger charge is -2.15. The highest BCUT2D eigenvalue weighted by molar-refractivity contribution is 7.90. The van der Waals surface area contributed by atoms with E-state index in [2.05, 4.69) is 15.3 Å². The molecule has 0 unspecified atom stereocenters. The van der Waals surface area contributed by atoms with Gasteiger partial charge in [-0.3, -0.25) is 9.78 Å². The van der Waals surface area contributed by atoms with Gasteiger partial charge in [-0.25, -0.2) is 13.4 Å². The quantitative estimate of drug-likeness (QED) is 0.591. The third-order valence-electron chi connectivity index (χ3n) is 2.27. The molecule has 1 aromatic heterocycles. The summed E-state index contributed by atoms with van der Waals surface area (Å²) in [5.41, 5.74) is 0.749. The lowest BCUT2D eigenvalue weighted by molar-refractivity contribution is 0.578. The van der Waals surface area contributed by atoms with Crippen LogP contribution in [0.1, 0.15) is 11.3 Å². The number of hydrogen-bond acceptors (Lipinski definition) is 5. The first-order valence-electron chi connectivity index (χ1n) is 4.51. The highest BCUT2D eigenvalue weighted by Gasteiger charge is 2.18. The molecule has 0 radical (unpaired) electrons. The summed E-state index contributed by atoms with van der Waals surface area (Å²) in [6, 6.07) is 0. The molecule has 2 N–H and O–H groups in total. The Labute approximate surface area is 86.7 Å². The van der Waals surface area contributed by atoms with Gasteiger partial charge in [0, 0.05) is 25.8 Å². The van der Waals surface area contributed by atoms with Crippen molar-refractivity contribution in [3.63, 3.8) is 0 Å². The monoisotopic (exact) mass is 229 g/mol. The van der Waals surface area contributed by atoms with E-state index in [0.717, 1.165) is 6.26 Å². The van der Waals surface area contributed by atoms with Crippen LogP contribution in [-0.2, 0) is 22.8 Å². The Hall–Kier alpha value is -1.21. The van der Waals surface area contributed by atoms with E-state index in [4.69, 9.17) is 0 Å². The third kappa shape index (κ3) is 1.93. The lowest BCUT2D eigenvalue weighted by atomic mass is 10.1. The number of nitrogens with one attached hydrogen (secondary N) is 2. The summed E-state index contributed by atoms with van der Waals surface area (Å²) < 4.78 is 22.4. The summed E-state index contributed by atoms with van der Waals surface area (Å²) in [6.45, 7) is 1.16. The number of H-pyrrole nitrogens is 1. The Balaban J connectivity index is 2.65. The van der Waals surface area contributed by atoms with Gasteiger partial charge in [-0.15, -0.1) is 0 Å². The number of nitrogens with zero attached hydrogens (tertiary/aromatic N) is 1. The molecule has 0 aromatic carbocycles. The summed E-state index contributed by atoms with van der Waals surface area (Å²) >= 11 is 0. The second-order valence-electron chi connectivity index (χ2n) is 3.50. The van der Waals surface area contributed by atoms with Gasteiger partial charge in [0.05, 0.1) is 11.3 Å². The number of fused-ring (bicyclic) bond motifs is 1. The van der Waals surface area contributed by atoms with E-state index in [-0.39, 0.29) is 10.7 Å². The molecule has 1 aliphatic heterocycles. The molecule has 82 valence electrons. The molecule has 1 aliphatic rings. The molecular formula is C8H11N3O3S. The van der Waals surface area contributed by atoms with Crippen molar-refractivity contribution >= 4 is 9.84 Å². The summed E-state index contributed by atoms with van der Waals surface area (Å²) in [4.78, 5) is 17.8. The SMILES string of the molecule is CS(=O)(=O)c1nc2c(c(=O)[nH]1)CNCC2. The molecule has 15 heavy (non-hydrogen) atoms. The van der Waals surface area contributed by atoms with E-state index in [1.54, 1.807) is 0 Å². The van der Waals surface area contributed by atoms with Crippen LogP contribution < -0.4 is 10.9 Å². The van der Waals surface area contributed by atoms with Crippen molar-refractivity contribution in [3.8, 4) is 0 Å². The average Bonchev–Trinajstić information content (AvgIpc) is 2.16. The van der Waals surface area contributed by atoms with Crippen LogP contribution in [-0.4, -0.2) is 31.2 Å². The molecule has 0 aliphatic carbocycles. The van der Waals surface area contributed by atoms with Crippen LogP contribution in [0.3, 0.4) is 0 Å². The van der Waals surface area contributed by atoms with Crippen LogP contribution in [0.4, 0.5) is 0 Å². The Morgan fingerprint density at radius 2 is 2.13 bits per heavy atom. The van der Waals surface area contributed by atoms with Gasteiger partial charge >= 0.3 is 0 Å². The molecule has 1 aromatic rings. The van der Waals surface area contributed by atoms with Crippen LogP contribution in [0.15, 0.2) is 9.95 Å². The molecule has 2 heterocycles. The normalized spacial score (nSPS) is 16.1. The topological polar surface area (TPSA) is 91.9 Å². The Bertz CT molecular complexity index is 547. The first-order valence-corrected chi connectivity index (χ1v) is 6.40. The third-order valence-corrected chi connectivity index (χ3v) is 3.17. The van der Waals surface area contributed by atoms with Gasteiger partial charge in [-0.2, -0.15) is 0 Å². The zero-order valence-corrected chi connectivity index (χ0v) is 9.02. The van der Waals surface area contributed by atoms with Crippen LogP contribution in [0, 0.1) is 0 Å². The van der Waals surface area contributed by atoms with Gasteiger partial charge in [-0.1, -0.05) is 0 Å². The summed E-state index contributed by atoms with van der Waals surface area (Å²) in [5.74, 6) is 0. The van der Waals surface area contributed by atoms with Crippen molar-refractivity contribution in [1.82, 2.24) is 15.3 Å². The zero-order chi connectivity index (χ0) is 11.1. The predicted octanol–water partition coefficient (Wildman–Crippen LogP) is -1.18. The minimum absolute atomic E-state index is 0.242. The first-order chi connectivity index (χ1) is 6.98. The number of hydrogen-bond donors (Lipinski definition) is 2. The molecule has 0 saturated carbocycles. The van der Waals surface area contributed by atoms with Crippen LogP contribution in [0.2, 0.25) is 0 Å². The van der Waals surface area contributed by atoms with Crippen molar-refractivity contribution in [2.45, 2.75) is 18.1 Å². The Morgan fingerprint density at radius 1 is 1.40 bits per heavy atom. The lowest BCUT2D eigenvalue weighted by Crippen LogP contribution is -2.32. The largest absolute Gasteiger partial charge is 0.312 e. The van der Waals surface area contributed by atoms with Crippen molar-refractivity contribution in [1.29, 1.82) is 0 Å². The predicted molar refractivity (Wildman–Crippen MR) is 53.4 cm³/mol. The van der Waals surface area contributed by atoms with E-state index < -0.39 is 9.84 Å². The first kappa shape index (κ1) is 10.3. The fraction of sp³-hybridized carbons (Fsp3) is 0.500. The molecule has 0 spiro atoms. The number of aromatic nitrogens is 2. The summed E-state index contributed by atoms with van der Waals surface area (Å²) in [6.07, 6.45) is 1.61. The minimum Gasteiger partial charge on any atom is -0.312 e. The number of sulfone groups is 1. The van der Waals surface area contributed by atoms with Gasteiger partial charge in [0.1, 0.15) is 0 Å². The van der Waals surface area contributed by atoms with E-state index in [0.29, 0.717) is 30.8 Å². The van der Waals surface area contributed by atoms with Crippen LogP contribution in [0.5, 0.6) is 0 Å². The fourth-order valence-corrected chi connectivity index (χ4v) is 2.06. The number of rotatable bonds is 1. The van der Waals surface area contributed by atoms with Crippen molar-refractivity contribution in [2.24, 2.45) is 0 Å². The van der Waals surface area contributed by atoms with Gasteiger partial charge in [-0.05, 0) is 0 Å². The standard InChI is InChI=1S/C8H11N3O3S/c1-15(13,14)8-10-6-2-3-9-4-5(6)7(12)11-8/h9H,2-4H2,1H3,(H,10,11,12). The van der Waals surface area contributed by atoms with E-state index in [1.165, 1.54) is 0 Å². The van der Waals surface area contributed by atoms with Gasteiger partial charge in [0.15, 0.2) is 0 Å². The molecule has 0 atom stereocenters.